The van der Waals surface area contributed by atoms with Crippen molar-refractivity contribution < 1.29 is 14.3 Å². The van der Waals surface area contributed by atoms with E-state index in [4.69, 9.17) is 19.4 Å². The van der Waals surface area contributed by atoms with Gasteiger partial charge in [-0.15, -0.1) is 0 Å². The Labute approximate surface area is 185 Å². The topological polar surface area (TPSA) is 85.6 Å². The molecule has 0 radical (unpaired) electrons. The molecule has 5 rings (SSSR count). The van der Waals surface area contributed by atoms with Gasteiger partial charge in [-0.05, 0) is 13.0 Å². The van der Waals surface area contributed by atoms with Gasteiger partial charge in [-0.3, -0.25) is 8.77 Å². The SMILES string of the molecule is Cc1cccc(C(=O)c2nc3nc(N4CCOCC4)nc(N4CCOCC4)c3n2S)c1. The minimum atomic E-state index is -0.197. The van der Waals surface area contributed by atoms with Crippen LogP contribution >= 0.6 is 12.8 Å². The van der Waals surface area contributed by atoms with Gasteiger partial charge >= 0.3 is 0 Å². The summed E-state index contributed by atoms with van der Waals surface area (Å²) in [5, 5.41) is 0. The lowest BCUT2D eigenvalue weighted by atomic mass is 10.1. The molecule has 0 spiro atoms. The van der Waals surface area contributed by atoms with Crippen LogP contribution in [0.1, 0.15) is 21.7 Å². The van der Waals surface area contributed by atoms with Crippen LogP contribution in [-0.4, -0.2) is 77.3 Å². The van der Waals surface area contributed by atoms with E-state index in [9.17, 15) is 4.79 Å². The van der Waals surface area contributed by atoms with Gasteiger partial charge in [0.25, 0.3) is 0 Å². The van der Waals surface area contributed by atoms with Crippen molar-refractivity contribution in [3.63, 3.8) is 0 Å². The van der Waals surface area contributed by atoms with E-state index < -0.39 is 0 Å². The van der Waals surface area contributed by atoms with Gasteiger partial charge in [0.05, 0.1) is 26.4 Å². The zero-order valence-corrected chi connectivity index (χ0v) is 18.2. The van der Waals surface area contributed by atoms with Crippen molar-refractivity contribution in [2.75, 3.05) is 62.4 Å². The predicted octanol–water partition coefficient (Wildman–Crippen LogP) is 1.73. The summed E-state index contributed by atoms with van der Waals surface area (Å²) < 4.78 is 12.5. The molecule has 3 aromatic rings. The lowest BCUT2D eigenvalue weighted by Gasteiger charge is -2.30. The third-order valence-corrected chi connectivity index (χ3v) is 5.94. The summed E-state index contributed by atoms with van der Waals surface area (Å²) in [4.78, 5) is 31.6. The van der Waals surface area contributed by atoms with E-state index in [1.807, 2.05) is 25.1 Å². The number of rotatable bonds is 4. The number of carbonyl (C=O) groups is 1. The van der Waals surface area contributed by atoms with E-state index in [1.165, 1.54) is 3.97 Å². The Kier molecular flexibility index (Phi) is 5.51. The minimum Gasteiger partial charge on any atom is -0.378 e. The highest BCUT2D eigenvalue weighted by molar-refractivity contribution is 7.78. The average molecular weight is 441 g/mol. The normalized spacial score (nSPS) is 17.4. The van der Waals surface area contributed by atoms with Crippen LogP contribution in [0.5, 0.6) is 0 Å². The smallest absolute Gasteiger partial charge is 0.229 e. The van der Waals surface area contributed by atoms with Crippen LogP contribution in [0.15, 0.2) is 24.3 Å². The number of hydrogen-bond donors (Lipinski definition) is 1. The largest absolute Gasteiger partial charge is 0.378 e. The first-order valence-electron chi connectivity index (χ1n) is 10.4. The van der Waals surface area contributed by atoms with Crippen molar-refractivity contribution in [1.29, 1.82) is 0 Å². The number of ether oxygens (including phenoxy) is 2. The van der Waals surface area contributed by atoms with E-state index in [0.717, 1.165) is 11.4 Å². The first-order chi connectivity index (χ1) is 15.1. The van der Waals surface area contributed by atoms with E-state index >= 15 is 0 Å². The van der Waals surface area contributed by atoms with Crippen molar-refractivity contribution in [3.8, 4) is 0 Å². The molecule has 2 fully saturated rings. The van der Waals surface area contributed by atoms with E-state index in [-0.39, 0.29) is 11.6 Å². The van der Waals surface area contributed by atoms with Gasteiger partial charge in [0.2, 0.25) is 11.7 Å². The van der Waals surface area contributed by atoms with Gasteiger partial charge in [0, 0.05) is 31.7 Å². The molecule has 2 aromatic heterocycles. The monoisotopic (exact) mass is 440 g/mol. The zero-order valence-electron chi connectivity index (χ0n) is 17.3. The van der Waals surface area contributed by atoms with Crippen LogP contribution < -0.4 is 9.80 Å². The molecule has 0 bridgehead atoms. The Morgan fingerprint density at radius 1 is 0.968 bits per heavy atom. The average Bonchev–Trinajstić information content (AvgIpc) is 3.15. The van der Waals surface area contributed by atoms with Crippen LogP contribution in [0.3, 0.4) is 0 Å². The Bertz CT molecular complexity index is 1120. The second-order valence-electron chi connectivity index (χ2n) is 7.66. The van der Waals surface area contributed by atoms with Crippen LogP contribution in [0.25, 0.3) is 11.2 Å². The number of fused-ring (bicyclic) bond motifs is 1. The Morgan fingerprint density at radius 2 is 1.65 bits per heavy atom. The molecule has 2 saturated heterocycles. The van der Waals surface area contributed by atoms with E-state index in [2.05, 4.69) is 27.6 Å². The number of imidazole rings is 1. The molecular weight excluding hydrogens is 416 g/mol. The highest BCUT2D eigenvalue weighted by atomic mass is 32.1. The number of ketones is 1. The summed E-state index contributed by atoms with van der Waals surface area (Å²) in [7, 11) is 0. The first-order valence-corrected chi connectivity index (χ1v) is 10.8. The molecule has 162 valence electrons. The van der Waals surface area contributed by atoms with Crippen LogP contribution in [0.2, 0.25) is 0 Å². The van der Waals surface area contributed by atoms with Gasteiger partial charge < -0.3 is 19.3 Å². The van der Waals surface area contributed by atoms with Gasteiger partial charge in [0.15, 0.2) is 17.3 Å². The maximum Gasteiger partial charge on any atom is 0.229 e. The molecular formula is C21H24N6O3S. The van der Waals surface area contributed by atoms with Gasteiger partial charge in [-0.25, -0.2) is 4.98 Å². The lowest BCUT2D eigenvalue weighted by Crippen LogP contribution is -2.39. The number of thiol groups is 1. The van der Waals surface area contributed by atoms with E-state index in [0.29, 0.717) is 75.3 Å². The second-order valence-corrected chi connectivity index (χ2v) is 8.06. The summed E-state index contributed by atoms with van der Waals surface area (Å²) in [6.07, 6.45) is 0. The summed E-state index contributed by atoms with van der Waals surface area (Å²) in [6.45, 7) is 7.29. The molecule has 9 nitrogen and oxygen atoms in total. The van der Waals surface area contributed by atoms with Gasteiger partial charge in [-0.2, -0.15) is 9.97 Å². The number of nitrogens with zero attached hydrogens (tertiary/aromatic N) is 6. The summed E-state index contributed by atoms with van der Waals surface area (Å²) in [6, 6.07) is 7.46. The van der Waals surface area contributed by atoms with Crippen molar-refractivity contribution in [2.24, 2.45) is 0 Å². The molecule has 0 unspecified atom stereocenters. The Morgan fingerprint density at radius 3 is 2.32 bits per heavy atom. The number of anilines is 2. The maximum atomic E-state index is 13.2. The molecule has 31 heavy (non-hydrogen) atoms. The lowest BCUT2D eigenvalue weighted by molar-refractivity contribution is 0.102. The van der Waals surface area contributed by atoms with Crippen LogP contribution in [0, 0.1) is 6.92 Å². The van der Waals surface area contributed by atoms with Crippen molar-refractivity contribution in [1.82, 2.24) is 18.9 Å². The van der Waals surface area contributed by atoms with Crippen molar-refractivity contribution in [2.45, 2.75) is 6.92 Å². The van der Waals surface area contributed by atoms with Crippen molar-refractivity contribution in [3.05, 3.63) is 41.2 Å². The molecule has 4 heterocycles. The van der Waals surface area contributed by atoms with Gasteiger partial charge in [-0.1, -0.05) is 36.6 Å². The number of benzene rings is 1. The number of aryl methyl sites for hydroxylation is 1. The van der Waals surface area contributed by atoms with Crippen LogP contribution in [-0.2, 0) is 9.47 Å². The number of hydrogen-bond acceptors (Lipinski definition) is 9. The summed E-state index contributed by atoms with van der Waals surface area (Å²) >= 11 is 4.64. The molecule has 1 aromatic carbocycles. The quantitative estimate of drug-likeness (QED) is 0.485. The molecule has 2 aliphatic heterocycles. The van der Waals surface area contributed by atoms with Crippen molar-refractivity contribution >= 4 is 41.5 Å². The second kappa shape index (κ2) is 8.45. The van der Waals surface area contributed by atoms with Crippen LogP contribution in [0.4, 0.5) is 11.8 Å². The maximum absolute atomic E-state index is 13.2. The predicted molar refractivity (Wildman–Crippen MR) is 120 cm³/mol. The standard InChI is InChI=1S/C21H24N6O3S/c1-14-3-2-4-15(13-14)17(28)20-22-18-16(27(20)31)19(25-5-9-29-10-6-25)24-21(23-18)26-7-11-30-12-8-26/h2-4,13,31H,5-12H2,1H3. The first kappa shape index (κ1) is 20.2. The molecule has 10 heteroatoms. The Hall–Kier alpha value is -2.69. The molecule has 0 N–H and O–H groups in total. The summed E-state index contributed by atoms with van der Waals surface area (Å²) in [5.41, 5.74) is 2.68. The third-order valence-electron chi connectivity index (χ3n) is 5.55. The van der Waals surface area contributed by atoms with E-state index in [1.54, 1.807) is 6.07 Å². The number of morpholine rings is 2. The zero-order chi connectivity index (χ0) is 21.4. The highest BCUT2D eigenvalue weighted by Crippen LogP contribution is 2.30. The number of carbonyl (C=O) groups excluding carboxylic acids is 1. The fourth-order valence-corrected chi connectivity index (χ4v) is 4.22. The molecule has 2 aliphatic rings. The third kappa shape index (κ3) is 3.86. The summed E-state index contributed by atoms with van der Waals surface area (Å²) in [5.74, 6) is 1.35. The molecule has 0 amide bonds. The molecule has 0 atom stereocenters. The minimum absolute atomic E-state index is 0.197. The molecule has 0 saturated carbocycles. The van der Waals surface area contributed by atoms with Gasteiger partial charge in [0.1, 0.15) is 5.52 Å². The molecule has 0 aliphatic carbocycles. The fraction of sp³-hybridized carbons (Fsp3) is 0.429. The highest BCUT2D eigenvalue weighted by Gasteiger charge is 2.27. The number of aromatic nitrogens is 4. The Balaban J connectivity index is 1.64. The fourth-order valence-electron chi connectivity index (χ4n) is 3.90.